The van der Waals surface area contributed by atoms with Crippen molar-refractivity contribution in [2.75, 3.05) is 6.61 Å². The number of hydrogen-bond donors (Lipinski definition) is 1. The van der Waals surface area contributed by atoms with Crippen LogP contribution in [-0.4, -0.2) is 30.5 Å². The van der Waals surface area contributed by atoms with E-state index in [1.165, 1.54) is 12.1 Å². The van der Waals surface area contributed by atoms with Gasteiger partial charge in [-0.2, -0.15) is 0 Å². The Balaban J connectivity index is 2.26. The first-order chi connectivity index (χ1) is 11.0. The lowest BCUT2D eigenvalue weighted by Crippen LogP contribution is -2.36. The molecule has 0 unspecified atom stereocenters. The Hall–Kier alpha value is -1.89. The molecule has 0 radical (unpaired) electrons. The molecule has 23 heavy (non-hydrogen) atoms. The predicted octanol–water partition coefficient (Wildman–Crippen LogP) is 2.55. The quantitative estimate of drug-likeness (QED) is 0.644. The van der Waals surface area contributed by atoms with E-state index in [9.17, 15) is 19.0 Å². The molecule has 5 nitrogen and oxygen atoms in total. The van der Waals surface area contributed by atoms with Crippen LogP contribution >= 0.6 is 0 Å². The van der Waals surface area contributed by atoms with Crippen molar-refractivity contribution in [3.05, 3.63) is 29.1 Å². The molecule has 0 fully saturated rings. The Labute approximate surface area is 134 Å². The van der Waals surface area contributed by atoms with Gasteiger partial charge in [0.25, 0.3) is 0 Å². The van der Waals surface area contributed by atoms with Crippen molar-refractivity contribution in [2.45, 2.75) is 45.3 Å². The third-order valence-electron chi connectivity index (χ3n) is 3.81. The molecule has 0 amide bonds. The van der Waals surface area contributed by atoms with E-state index < -0.39 is 24.7 Å². The van der Waals surface area contributed by atoms with Crippen molar-refractivity contribution >= 4 is 18.9 Å². The number of benzene rings is 1. The van der Waals surface area contributed by atoms with Crippen LogP contribution in [0.25, 0.3) is 0 Å². The van der Waals surface area contributed by atoms with Gasteiger partial charge in [-0.15, -0.1) is 0 Å². The Bertz CT molecular complexity index is 604. The maximum absolute atomic E-state index is 14.0. The molecule has 0 aliphatic carbocycles. The van der Waals surface area contributed by atoms with Gasteiger partial charge in [-0.1, -0.05) is 13.0 Å². The van der Waals surface area contributed by atoms with Crippen LogP contribution in [0.3, 0.4) is 0 Å². The largest absolute Gasteiger partial charge is 0.535 e. The number of hydrogen-bond acceptors (Lipinski definition) is 5. The Morgan fingerprint density at radius 3 is 2.83 bits per heavy atom. The summed E-state index contributed by atoms with van der Waals surface area (Å²) in [7, 11) is -1.25. The molecular weight excluding hydrogens is 302 g/mol. The number of ketones is 1. The third kappa shape index (κ3) is 3.90. The highest BCUT2D eigenvalue weighted by Gasteiger charge is 2.38. The van der Waals surface area contributed by atoms with Gasteiger partial charge >= 0.3 is 13.1 Å². The average Bonchev–Trinajstić information content (AvgIpc) is 2.48. The first kappa shape index (κ1) is 17.5. The van der Waals surface area contributed by atoms with Gasteiger partial charge in [0.05, 0.1) is 6.61 Å². The van der Waals surface area contributed by atoms with E-state index in [1.807, 2.05) is 6.92 Å². The molecule has 1 aromatic carbocycles. The Morgan fingerprint density at radius 2 is 2.17 bits per heavy atom. The molecule has 1 N–H and O–H groups in total. The molecular formula is C16H20BFO5. The number of esters is 1. The second-order valence-corrected chi connectivity index (χ2v) is 5.60. The van der Waals surface area contributed by atoms with Gasteiger partial charge in [-0.3, -0.25) is 4.79 Å². The van der Waals surface area contributed by atoms with Gasteiger partial charge in [0.1, 0.15) is 22.9 Å². The van der Waals surface area contributed by atoms with E-state index in [2.05, 4.69) is 0 Å². The van der Waals surface area contributed by atoms with Crippen LogP contribution in [0.2, 0.25) is 5.82 Å². The summed E-state index contributed by atoms with van der Waals surface area (Å²) in [6.45, 7) is 3.64. The number of carbonyl (C=O) groups excluding carboxylic acids is 2. The maximum atomic E-state index is 14.0. The van der Waals surface area contributed by atoms with Crippen LogP contribution in [0, 0.1) is 5.82 Å². The number of halogens is 1. The molecule has 124 valence electrons. The van der Waals surface area contributed by atoms with Crippen molar-refractivity contribution in [3.8, 4) is 5.75 Å². The van der Waals surface area contributed by atoms with Crippen LogP contribution in [0.5, 0.6) is 5.75 Å². The van der Waals surface area contributed by atoms with Crippen molar-refractivity contribution in [2.24, 2.45) is 0 Å². The lowest BCUT2D eigenvalue weighted by Gasteiger charge is -2.28. The van der Waals surface area contributed by atoms with Crippen molar-refractivity contribution in [1.82, 2.24) is 0 Å². The first-order valence-corrected chi connectivity index (χ1v) is 7.82. The minimum absolute atomic E-state index is 0.00939. The second-order valence-electron chi connectivity index (χ2n) is 5.60. The zero-order valence-corrected chi connectivity index (χ0v) is 13.3. The maximum Gasteiger partial charge on any atom is 0.526 e. The lowest BCUT2D eigenvalue weighted by atomic mass is 9.64. The third-order valence-corrected chi connectivity index (χ3v) is 3.81. The molecule has 2 rings (SSSR count). The second kappa shape index (κ2) is 7.59. The molecule has 0 bridgehead atoms. The van der Waals surface area contributed by atoms with E-state index in [0.717, 1.165) is 6.42 Å². The number of ether oxygens (including phenoxy) is 1. The van der Waals surface area contributed by atoms with Gasteiger partial charge in [-0.05, 0) is 31.4 Å². The molecule has 0 saturated heterocycles. The van der Waals surface area contributed by atoms with Crippen LogP contribution in [0.1, 0.15) is 49.0 Å². The van der Waals surface area contributed by atoms with Crippen molar-refractivity contribution in [1.29, 1.82) is 0 Å². The molecule has 1 aromatic rings. The molecule has 0 spiro atoms. The van der Waals surface area contributed by atoms with E-state index >= 15 is 0 Å². The Kier molecular flexibility index (Phi) is 5.77. The van der Waals surface area contributed by atoms with Crippen LogP contribution in [0.4, 0.5) is 4.39 Å². The summed E-state index contributed by atoms with van der Waals surface area (Å²) >= 11 is 0. The summed E-state index contributed by atoms with van der Waals surface area (Å²) in [4.78, 5) is 23.7. The number of fused-ring (bicyclic) bond motifs is 1. The molecule has 0 aromatic heterocycles. The molecule has 7 heteroatoms. The monoisotopic (exact) mass is 322 g/mol. The first-order valence-electron chi connectivity index (χ1n) is 7.82. The number of Topliss-reactive ketones (excluding diaryl/α,β-unsaturated/α-hetero) is 1. The summed E-state index contributed by atoms with van der Waals surface area (Å²) in [5.74, 6) is -1.92. The number of carbonyl (C=O) groups is 2. The summed E-state index contributed by atoms with van der Waals surface area (Å²) < 4.78 is 24.2. The minimum Gasteiger partial charge on any atom is -0.535 e. The highest BCUT2D eigenvalue weighted by molar-refractivity contribution is 6.47. The minimum atomic E-state index is -1.25. The van der Waals surface area contributed by atoms with E-state index in [0.29, 0.717) is 18.4 Å². The zero-order chi connectivity index (χ0) is 17.0. The highest BCUT2D eigenvalue weighted by atomic mass is 19.1. The molecule has 1 atom stereocenters. The standard InChI is InChI=1S/C16H20BFO5/c1-3-5-12(19)9-11-8-10-6-7-13(18)14(16(20)22-4-2)15(10)23-17(11)21/h6-7,11,21H,3-5,8-9H2,1-2H3/t11-/m1/s1. The lowest BCUT2D eigenvalue weighted by molar-refractivity contribution is -0.119. The zero-order valence-electron chi connectivity index (χ0n) is 13.3. The van der Waals surface area contributed by atoms with Crippen LogP contribution < -0.4 is 4.65 Å². The highest BCUT2D eigenvalue weighted by Crippen LogP contribution is 2.37. The van der Waals surface area contributed by atoms with Gasteiger partial charge in [0.15, 0.2) is 0 Å². The van der Waals surface area contributed by atoms with Crippen molar-refractivity contribution in [3.63, 3.8) is 0 Å². The van der Waals surface area contributed by atoms with E-state index in [-0.39, 0.29) is 30.1 Å². The summed E-state index contributed by atoms with van der Waals surface area (Å²) in [5, 5.41) is 10.1. The van der Waals surface area contributed by atoms with E-state index in [4.69, 9.17) is 9.39 Å². The normalized spacial score (nSPS) is 16.5. The molecule has 1 aliphatic rings. The number of rotatable bonds is 6. The fourth-order valence-electron chi connectivity index (χ4n) is 2.74. The topological polar surface area (TPSA) is 72.8 Å². The van der Waals surface area contributed by atoms with Gasteiger partial charge in [0.2, 0.25) is 0 Å². The fourth-order valence-corrected chi connectivity index (χ4v) is 2.74. The Morgan fingerprint density at radius 1 is 1.43 bits per heavy atom. The van der Waals surface area contributed by atoms with Crippen molar-refractivity contribution < 1.29 is 28.4 Å². The molecule has 0 saturated carbocycles. The van der Waals surface area contributed by atoms with Crippen LogP contribution in [0.15, 0.2) is 12.1 Å². The SMILES string of the molecule is CCCC(=O)C[C@H]1Cc2ccc(F)c(C(=O)OCC)c2OB1O. The van der Waals surface area contributed by atoms with Gasteiger partial charge in [-0.25, -0.2) is 9.18 Å². The summed E-state index contributed by atoms with van der Waals surface area (Å²) in [5.41, 5.74) is 0.288. The predicted molar refractivity (Wildman–Crippen MR) is 82.9 cm³/mol. The smallest absolute Gasteiger partial charge is 0.526 e. The van der Waals surface area contributed by atoms with Gasteiger partial charge < -0.3 is 14.4 Å². The van der Waals surface area contributed by atoms with Gasteiger partial charge in [0, 0.05) is 18.7 Å². The fraction of sp³-hybridized carbons (Fsp3) is 0.500. The van der Waals surface area contributed by atoms with E-state index in [1.54, 1.807) is 6.92 Å². The summed E-state index contributed by atoms with van der Waals surface area (Å²) in [6, 6.07) is 2.69. The molecule has 1 aliphatic heterocycles. The molecule has 1 heterocycles. The average molecular weight is 322 g/mol. The van der Waals surface area contributed by atoms with Crippen LogP contribution in [-0.2, 0) is 16.0 Å². The summed E-state index contributed by atoms with van der Waals surface area (Å²) in [6.07, 6.45) is 1.74.